The molecule has 0 aromatic rings. The van der Waals surface area contributed by atoms with Gasteiger partial charge in [-0.1, -0.05) is 0 Å². The fourth-order valence-electron chi connectivity index (χ4n) is 0. The van der Waals surface area contributed by atoms with Gasteiger partial charge in [0.1, 0.15) is 0 Å². The Morgan fingerprint density at radius 3 is 0.750 bits per heavy atom. The van der Waals surface area contributed by atoms with E-state index >= 15 is 0 Å². The van der Waals surface area contributed by atoms with Crippen molar-refractivity contribution in [3.05, 3.63) is 0 Å². The second kappa shape index (κ2) is 58.4. The van der Waals surface area contributed by atoms with Crippen LogP contribution in [0.3, 0.4) is 0 Å². The van der Waals surface area contributed by atoms with Crippen LogP contribution in [0, 0.1) is 0 Å². The van der Waals surface area contributed by atoms with E-state index in [9.17, 15) is 0 Å². The fourth-order valence-corrected chi connectivity index (χ4v) is 0. The summed E-state index contributed by atoms with van der Waals surface area (Å²) in [5, 5.41) is 0. The molecule has 19 valence electrons. The van der Waals surface area contributed by atoms with Gasteiger partial charge < -0.3 is 0 Å². The zero-order chi connectivity index (χ0) is 0. The van der Waals surface area contributed by atoms with Crippen LogP contribution in [0.25, 0.3) is 0 Å². The Hall–Kier alpha value is 0.669. The molecule has 0 fully saturated rings. The molecule has 0 atom stereocenters. The van der Waals surface area contributed by atoms with Crippen LogP contribution in [0.1, 0.15) is 0 Å². The van der Waals surface area contributed by atoms with E-state index in [0.29, 0.717) is 0 Å². The summed E-state index contributed by atoms with van der Waals surface area (Å²) in [5.41, 5.74) is 0. The molecule has 0 aliphatic heterocycles. The molecule has 0 aromatic carbocycles. The highest BCUT2D eigenvalue weighted by atomic mass is 28.1. The maximum Gasteiger partial charge on any atom is 0 e. The first-order chi connectivity index (χ1) is 0. The second-order valence-corrected chi connectivity index (χ2v) is 0. The molecule has 0 aromatic heterocycles. The standard InChI is InChI=1S/Al.2O.Si. The first-order valence-electron chi connectivity index (χ1n) is 0. The van der Waals surface area contributed by atoms with Crippen molar-refractivity contribution in [2.24, 2.45) is 0 Å². The fraction of sp³-hybridized carbons (Fsp3) is 0. The van der Waals surface area contributed by atoms with E-state index in [-0.39, 0.29) is 39.3 Å². The molecule has 0 aliphatic rings. The molecule has 0 aliphatic carbocycles. The Balaban J connectivity index is 0. The highest BCUT2D eigenvalue weighted by molar-refractivity contribution is 5.76. The predicted molar refractivity (Wildman–Crippen MR) is 12.9 cm³/mol. The lowest BCUT2D eigenvalue weighted by atomic mass is 16.0. The molecule has 0 heterocycles. The third-order valence-electron chi connectivity index (χ3n) is 0. The topological polar surface area (TPSA) is 57.0 Å². The molecule has 0 bridgehead atoms. The lowest BCUT2D eigenvalue weighted by Crippen LogP contribution is -0.382. The molecule has 0 amide bonds. The van der Waals surface area contributed by atoms with Crippen molar-refractivity contribution >= 4 is 28.3 Å². The van der Waals surface area contributed by atoms with Crippen molar-refractivity contribution in [1.82, 2.24) is 0 Å². The molecule has 0 rings (SSSR count). The largest absolute Gasteiger partial charge is 0 e. The van der Waals surface area contributed by atoms with E-state index in [2.05, 4.69) is 0 Å². The van der Waals surface area contributed by atoms with E-state index in [0.717, 1.165) is 0 Å². The van der Waals surface area contributed by atoms with E-state index in [1.807, 2.05) is 0 Å². The van der Waals surface area contributed by atoms with Crippen LogP contribution in [0.2, 0.25) is 0 Å². The molecule has 0 N–H and O–H groups in total. The van der Waals surface area contributed by atoms with Gasteiger partial charge in [0.05, 0.1) is 0 Å². The van der Waals surface area contributed by atoms with Crippen LogP contribution >= 0.6 is 0 Å². The summed E-state index contributed by atoms with van der Waals surface area (Å²) in [4.78, 5) is 0. The van der Waals surface area contributed by atoms with Crippen molar-refractivity contribution in [2.45, 2.75) is 0 Å². The van der Waals surface area contributed by atoms with Crippen LogP contribution in [0.4, 0.5) is 0 Å². The van der Waals surface area contributed by atoms with Gasteiger partial charge in [-0.25, -0.2) is 0 Å². The van der Waals surface area contributed by atoms with Crippen molar-refractivity contribution in [3.63, 3.8) is 0 Å². The summed E-state index contributed by atoms with van der Waals surface area (Å²) in [5.74, 6) is 0. The smallest absolute Gasteiger partial charge is 0 e. The molecule has 0 saturated carbocycles. The van der Waals surface area contributed by atoms with Gasteiger partial charge in [0.2, 0.25) is 0 Å². The van der Waals surface area contributed by atoms with Crippen LogP contribution < -0.4 is 0 Å². The van der Waals surface area contributed by atoms with E-state index < -0.39 is 0 Å². The van der Waals surface area contributed by atoms with Crippen molar-refractivity contribution in [1.29, 1.82) is 0 Å². The summed E-state index contributed by atoms with van der Waals surface area (Å²) in [6, 6.07) is 0. The summed E-state index contributed by atoms with van der Waals surface area (Å²) in [7, 11) is 0. The minimum Gasteiger partial charge on any atom is 0 e. The van der Waals surface area contributed by atoms with Gasteiger partial charge in [-0.3, -0.25) is 0 Å². The van der Waals surface area contributed by atoms with Crippen LogP contribution in [-0.4, -0.2) is 28.3 Å². The maximum absolute atomic E-state index is 0. The van der Waals surface area contributed by atoms with E-state index in [1.165, 1.54) is 0 Å². The molecule has 0 saturated heterocycles. The molecule has 11 radical (unpaired) electrons. The third-order valence-corrected chi connectivity index (χ3v) is 0. The van der Waals surface area contributed by atoms with Crippen molar-refractivity contribution < 1.29 is 11.0 Å². The molecular weight excluding hydrogens is 87.1 g/mol. The Labute approximate surface area is 40.0 Å². The summed E-state index contributed by atoms with van der Waals surface area (Å²) in [6.07, 6.45) is 0. The summed E-state index contributed by atoms with van der Waals surface area (Å²) < 4.78 is 0. The second-order valence-electron chi connectivity index (χ2n) is 0. The lowest BCUT2D eigenvalue weighted by molar-refractivity contribution is 0.685. The molecule has 4 heteroatoms. The average molecular weight is 87.1 g/mol. The minimum absolute atomic E-state index is 0. The highest BCUT2D eigenvalue weighted by Gasteiger charge is 0.00300. The molecule has 2 nitrogen and oxygen atoms in total. The van der Waals surface area contributed by atoms with Gasteiger partial charge in [0.25, 0.3) is 0 Å². The van der Waals surface area contributed by atoms with Gasteiger partial charge in [-0.05, 0) is 0 Å². The van der Waals surface area contributed by atoms with E-state index in [4.69, 9.17) is 0 Å². The third kappa shape index (κ3) is 16.6. The quantitative estimate of drug-likeness (QED) is 0.340. The van der Waals surface area contributed by atoms with Gasteiger partial charge in [-0.2, -0.15) is 0 Å². The number of hydrogen-bond donors (Lipinski definition) is 0. The van der Waals surface area contributed by atoms with Crippen molar-refractivity contribution in [3.8, 4) is 0 Å². The van der Waals surface area contributed by atoms with Gasteiger partial charge in [0.15, 0.2) is 0 Å². The number of hydrogen-bond acceptors (Lipinski definition) is 0. The Kier molecular flexibility index (Phi) is 2050. The Morgan fingerprint density at radius 2 is 0.750 bits per heavy atom. The normalized spacial score (nSPS) is 0. The lowest BCUT2D eigenvalue weighted by Gasteiger charge is -0.00100. The zero-order valence-electron chi connectivity index (χ0n) is 1.89. The van der Waals surface area contributed by atoms with Crippen LogP contribution in [0.15, 0.2) is 0 Å². The van der Waals surface area contributed by atoms with Gasteiger partial charge >= 0.3 is 0 Å². The average Bonchev–Trinajstić information content (AvgIpc) is 0. The highest BCUT2D eigenvalue weighted by Crippen LogP contribution is -0.118. The monoisotopic (exact) mass is 86.9 g/mol. The predicted octanol–water partition coefficient (Wildman–Crippen LogP) is -0.999. The van der Waals surface area contributed by atoms with Gasteiger partial charge in [0, 0.05) is 39.3 Å². The van der Waals surface area contributed by atoms with Crippen LogP contribution in [-0.2, 0) is 11.0 Å². The molecular formula is AlO2Si. The molecule has 0 spiro atoms. The molecule has 0 unspecified atom stereocenters. The minimum atomic E-state index is 0. The van der Waals surface area contributed by atoms with Gasteiger partial charge in [-0.15, -0.1) is 0 Å². The summed E-state index contributed by atoms with van der Waals surface area (Å²) in [6.45, 7) is 0. The van der Waals surface area contributed by atoms with Crippen molar-refractivity contribution in [2.75, 3.05) is 0 Å². The Bertz CT molecular complexity index is 6.00. The number of rotatable bonds is 0. The SMILES string of the molecule is [Al].[O].[O].[Si]. The van der Waals surface area contributed by atoms with Crippen LogP contribution in [0.5, 0.6) is 0 Å². The summed E-state index contributed by atoms with van der Waals surface area (Å²) >= 11 is 0. The Morgan fingerprint density at radius 1 is 0.750 bits per heavy atom. The maximum atomic E-state index is 0. The van der Waals surface area contributed by atoms with E-state index in [1.54, 1.807) is 0 Å². The zero-order valence-corrected chi connectivity index (χ0v) is 4.05. The first-order valence-corrected chi connectivity index (χ1v) is 0. The first kappa shape index (κ1) is 140. The molecule has 4 heavy (non-hydrogen) atoms.